The Bertz CT molecular complexity index is 600. The van der Waals surface area contributed by atoms with Crippen LogP contribution in [0.25, 0.3) is 0 Å². The van der Waals surface area contributed by atoms with Gasteiger partial charge in [-0.15, -0.1) is 4.83 Å². The molecule has 0 unspecified atom stereocenters. The first kappa shape index (κ1) is 15.0. The van der Waals surface area contributed by atoms with Crippen molar-refractivity contribution in [1.82, 2.24) is 19.3 Å². The molecule has 8 heteroatoms. The van der Waals surface area contributed by atoms with Crippen LogP contribution in [0.15, 0.2) is 17.2 Å². The Morgan fingerprint density at radius 2 is 1.95 bits per heavy atom. The summed E-state index contributed by atoms with van der Waals surface area (Å²) < 4.78 is 27.0. The number of piperazine rings is 1. The maximum Gasteiger partial charge on any atom is 0.254 e. The molecule has 1 saturated heterocycles. The molecule has 118 valence electrons. The summed E-state index contributed by atoms with van der Waals surface area (Å²) in [4.78, 5) is 5.18. The van der Waals surface area contributed by atoms with Gasteiger partial charge in [-0.3, -0.25) is 0 Å². The molecule has 7 nitrogen and oxygen atoms in total. The minimum Gasteiger partial charge on any atom is -0.346 e. The van der Waals surface area contributed by atoms with Crippen molar-refractivity contribution in [2.75, 3.05) is 33.2 Å². The first-order valence-corrected chi connectivity index (χ1v) is 8.84. The van der Waals surface area contributed by atoms with Crippen LogP contribution >= 0.6 is 0 Å². The predicted molar refractivity (Wildman–Crippen MR) is 80.0 cm³/mol. The van der Waals surface area contributed by atoms with Crippen molar-refractivity contribution >= 4 is 10.0 Å². The lowest BCUT2D eigenvalue weighted by Crippen LogP contribution is -2.52. The Labute approximate surface area is 125 Å². The van der Waals surface area contributed by atoms with Crippen molar-refractivity contribution < 1.29 is 8.42 Å². The van der Waals surface area contributed by atoms with Gasteiger partial charge < -0.3 is 15.2 Å². The number of likely N-dealkylation sites (N-methyl/N-ethyl adjacent to an activating group) is 1. The highest BCUT2D eigenvalue weighted by molar-refractivity contribution is 7.89. The fourth-order valence-corrected chi connectivity index (χ4v) is 3.79. The summed E-state index contributed by atoms with van der Waals surface area (Å²) in [7, 11) is -1.48. The second kappa shape index (κ2) is 5.69. The van der Waals surface area contributed by atoms with Gasteiger partial charge in [-0.25, -0.2) is 13.4 Å². The van der Waals surface area contributed by atoms with Crippen molar-refractivity contribution in [2.24, 2.45) is 5.73 Å². The number of nitrogens with two attached hydrogens (primary N) is 1. The molecular formula is C13H23N5O2S. The van der Waals surface area contributed by atoms with E-state index in [1.54, 1.807) is 17.3 Å². The summed E-state index contributed by atoms with van der Waals surface area (Å²) in [6.45, 7) is 3.48. The van der Waals surface area contributed by atoms with Crippen LogP contribution in [0.3, 0.4) is 0 Å². The number of nitrogens with one attached hydrogen (secondary N) is 1. The maximum absolute atomic E-state index is 12.5. The molecule has 21 heavy (non-hydrogen) atoms. The fraction of sp³-hybridized carbons (Fsp3) is 0.692. The number of rotatable bonds is 5. The van der Waals surface area contributed by atoms with E-state index in [9.17, 15) is 8.42 Å². The molecule has 2 fully saturated rings. The van der Waals surface area contributed by atoms with E-state index < -0.39 is 10.0 Å². The number of nitrogens with zero attached hydrogens (tertiary/aromatic N) is 3. The summed E-state index contributed by atoms with van der Waals surface area (Å²) in [5.74, 6) is 0. The van der Waals surface area contributed by atoms with Crippen LogP contribution in [0, 0.1) is 0 Å². The van der Waals surface area contributed by atoms with E-state index >= 15 is 0 Å². The van der Waals surface area contributed by atoms with Gasteiger partial charge in [0.05, 0.1) is 0 Å². The molecule has 0 radical (unpaired) electrons. The number of hydrazine groups is 1. The Morgan fingerprint density at radius 1 is 1.29 bits per heavy atom. The zero-order valence-electron chi connectivity index (χ0n) is 12.3. The van der Waals surface area contributed by atoms with Crippen LogP contribution in [-0.2, 0) is 16.6 Å². The lowest BCUT2D eigenvalue weighted by atomic mass is 10.4. The summed E-state index contributed by atoms with van der Waals surface area (Å²) >= 11 is 0. The van der Waals surface area contributed by atoms with Gasteiger partial charge in [-0.1, -0.05) is 0 Å². The molecular weight excluding hydrogens is 290 g/mol. The van der Waals surface area contributed by atoms with Crippen LogP contribution in [0.5, 0.6) is 0 Å². The number of aromatic nitrogens is 1. The highest BCUT2D eigenvalue weighted by Gasteiger charge is 2.29. The molecule has 2 aliphatic rings. The van der Waals surface area contributed by atoms with E-state index in [1.807, 2.05) is 11.6 Å². The number of sulfonamides is 1. The lowest BCUT2D eigenvalue weighted by Gasteiger charge is -2.31. The first-order chi connectivity index (χ1) is 9.99. The highest BCUT2D eigenvalue weighted by atomic mass is 32.2. The second-order valence-corrected chi connectivity index (χ2v) is 7.56. The predicted octanol–water partition coefficient (Wildman–Crippen LogP) is -0.278. The van der Waals surface area contributed by atoms with Gasteiger partial charge in [0.25, 0.3) is 10.0 Å². The van der Waals surface area contributed by atoms with Crippen LogP contribution in [0.1, 0.15) is 24.6 Å². The third-order valence-electron chi connectivity index (χ3n) is 4.12. The van der Waals surface area contributed by atoms with Crippen molar-refractivity contribution in [3.63, 3.8) is 0 Å². The van der Waals surface area contributed by atoms with E-state index in [4.69, 9.17) is 5.73 Å². The van der Waals surface area contributed by atoms with E-state index in [-0.39, 0.29) is 0 Å². The average Bonchev–Trinajstić information content (AvgIpc) is 3.19. The normalized spacial score (nSPS) is 21.8. The molecule has 1 aromatic heterocycles. The molecule has 3 rings (SSSR count). The third kappa shape index (κ3) is 3.29. The number of hydrogen-bond acceptors (Lipinski definition) is 5. The fourth-order valence-electron chi connectivity index (χ4n) is 2.62. The molecule has 0 spiro atoms. The summed E-state index contributed by atoms with van der Waals surface area (Å²) in [5.41, 5.74) is 6.61. The topological polar surface area (TPSA) is 83.6 Å². The van der Waals surface area contributed by atoms with Crippen LogP contribution in [-0.4, -0.2) is 56.1 Å². The quantitative estimate of drug-likeness (QED) is 0.781. The highest BCUT2D eigenvalue weighted by Crippen LogP contribution is 2.37. The lowest BCUT2D eigenvalue weighted by molar-refractivity contribution is 0.135. The Kier molecular flexibility index (Phi) is 4.06. The van der Waals surface area contributed by atoms with E-state index in [0.29, 0.717) is 30.6 Å². The van der Waals surface area contributed by atoms with Gasteiger partial charge in [0.2, 0.25) is 0 Å². The van der Waals surface area contributed by atoms with Crippen molar-refractivity contribution in [3.05, 3.63) is 18.0 Å². The molecule has 1 saturated carbocycles. The molecule has 3 N–H and O–H groups in total. The Morgan fingerprint density at radius 3 is 2.52 bits per heavy atom. The third-order valence-corrected chi connectivity index (χ3v) is 5.46. The van der Waals surface area contributed by atoms with Gasteiger partial charge in [0, 0.05) is 50.7 Å². The minimum atomic E-state index is -3.51. The van der Waals surface area contributed by atoms with Crippen LogP contribution in [0.2, 0.25) is 0 Å². The smallest absolute Gasteiger partial charge is 0.254 e. The molecule has 0 bridgehead atoms. The summed E-state index contributed by atoms with van der Waals surface area (Å²) in [5, 5.41) is 1.77. The first-order valence-electron chi connectivity index (χ1n) is 7.36. The Balaban J connectivity index is 1.75. The monoisotopic (exact) mass is 313 g/mol. The number of hydrogen-bond donors (Lipinski definition) is 2. The van der Waals surface area contributed by atoms with Crippen LogP contribution < -0.4 is 10.6 Å². The van der Waals surface area contributed by atoms with Crippen LogP contribution in [0.4, 0.5) is 0 Å². The largest absolute Gasteiger partial charge is 0.346 e. The zero-order chi connectivity index (χ0) is 15.0. The average molecular weight is 313 g/mol. The summed E-state index contributed by atoms with van der Waals surface area (Å²) in [6.07, 6.45) is 3.93. The maximum atomic E-state index is 12.5. The molecule has 2 heterocycles. The van der Waals surface area contributed by atoms with Gasteiger partial charge in [0.15, 0.2) is 0 Å². The van der Waals surface area contributed by atoms with Crippen molar-refractivity contribution in [2.45, 2.75) is 30.3 Å². The molecule has 1 aliphatic heterocycles. The van der Waals surface area contributed by atoms with Gasteiger partial charge in [-0.2, -0.15) is 0 Å². The van der Waals surface area contributed by atoms with E-state index in [1.165, 1.54) is 0 Å². The SMILES string of the molecule is CN1CCN(NS(=O)(=O)c2cc(CN)n(C3CC3)c2)CC1. The van der Waals surface area contributed by atoms with Gasteiger partial charge in [-0.05, 0) is 26.0 Å². The Hall–Kier alpha value is -0.930. The van der Waals surface area contributed by atoms with Crippen molar-refractivity contribution in [3.8, 4) is 0 Å². The standard InChI is InChI=1S/C13H23N5O2S/c1-16-4-6-17(7-5-16)15-21(19,20)13-8-12(9-14)18(10-13)11-2-3-11/h8,10-11,15H,2-7,9,14H2,1H3. The van der Waals surface area contributed by atoms with E-state index in [0.717, 1.165) is 31.6 Å². The molecule has 0 amide bonds. The van der Waals surface area contributed by atoms with Crippen molar-refractivity contribution in [1.29, 1.82) is 0 Å². The molecule has 1 aromatic rings. The molecule has 1 aliphatic carbocycles. The molecule has 0 aromatic carbocycles. The molecule has 0 atom stereocenters. The zero-order valence-corrected chi connectivity index (χ0v) is 13.1. The van der Waals surface area contributed by atoms with E-state index in [2.05, 4.69) is 9.73 Å². The minimum absolute atomic E-state index is 0.314. The van der Waals surface area contributed by atoms with Gasteiger partial charge >= 0.3 is 0 Å². The summed E-state index contributed by atoms with van der Waals surface area (Å²) in [6, 6.07) is 2.12. The second-order valence-electron chi connectivity index (χ2n) is 5.89. The van der Waals surface area contributed by atoms with Gasteiger partial charge in [0.1, 0.15) is 4.90 Å².